The van der Waals surface area contributed by atoms with Crippen molar-refractivity contribution in [3.05, 3.63) is 28.5 Å². The Bertz CT molecular complexity index is 563. The zero-order chi connectivity index (χ0) is 14.0. The van der Waals surface area contributed by atoms with E-state index in [1.807, 2.05) is 6.07 Å². The molecule has 104 valence electrons. The Morgan fingerprint density at radius 1 is 1.37 bits per heavy atom. The van der Waals surface area contributed by atoms with E-state index in [2.05, 4.69) is 53.4 Å². The van der Waals surface area contributed by atoms with Gasteiger partial charge in [-0.2, -0.15) is 0 Å². The summed E-state index contributed by atoms with van der Waals surface area (Å²) in [5.41, 5.74) is 2.26. The van der Waals surface area contributed by atoms with Crippen LogP contribution in [0.25, 0.3) is 11.0 Å². The van der Waals surface area contributed by atoms with Crippen LogP contribution in [0.2, 0.25) is 0 Å². The van der Waals surface area contributed by atoms with Crippen LogP contribution < -0.4 is 0 Å². The number of nitrogens with zero attached hydrogens (tertiary/aromatic N) is 2. The smallest absolute Gasteiger partial charge is 0.111 e. The second kappa shape index (κ2) is 6.27. The first-order chi connectivity index (χ1) is 9.08. The van der Waals surface area contributed by atoms with E-state index in [4.69, 9.17) is 16.6 Å². The van der Waals surface area contributed by atoms with E-state index in [0.29, 0.717) is 17.8 Å². The Morgan fingerprint density at radius 3 is 2.68 bits per heavy atom. The lowest BCUT2D eigenvalue weighted by Crippen LogP contribution is -2.17. The van der Waals surface area contributed by atoms with Crippen molar-refractivity contribution in [3.63, 3.8) is 0 Å². The lowest BCUT2D eigenvalue weighted by Gasteiger charge is -2.24. The minimum Gasteiger partial charge on any atom is -0.325 e. The third-order valence-corrected chi connectivity index (χ3v) is 4.24. The summed E-state index contributed by atoms with van der Waals surface area (Å²) in [6.07, 6.45) is 1.92. The zero-order valence-electron chi connectivity index (χ0n) is 11.7. The maximum atomic E-state index is 5.93. The fourth-order valence-electron chi connectivity index (χ4n) is 2.70. The molecule has 2 aromatic rings. The van der Waals surface area contributed by atoms with Crippen LogP contribution in [-0.2, 0) is 6.42 Å². The van der Waals surface area contributed by atoms with Gasteiger partial charge in [-0.1, -0.05) is 36.7 Å². The highest BCUT2D eigenvalue weighted by Gasteiger charge is 2.20. The quantitative estimate of drug-likeness (QED) is 0.683. The normalized spacial score (nSPS) is 13.4. The Hall–Kier alpha value is -0.540. The van der Waals surface area contributed by atoms with E-state index in [1.165, 1.54) is 5.52 Å². The van der Waals surface area contributed by atoms with E-state index in [1.54, 1.807) is 0 Å². The Balaban J connectivity index is 2.65. The van der Waals surface area contributed by atoms with Crippen molar-refractivity contribution in [2.75, 3.05) is 5.88 Å². The van der Waals surface area contributed by atoms with Crippen molar-refractivity contribution >= 4 is 38.6 Å². The van der Waals surface area contributed by atoms with Crippen LogP contribution in [0.4, 0.5) is 0 Å². The average molecular weight is 344 g/mol. The molecule has 0 N–H and O–H groups in total. The van der Waals surface area contributed by atoms with Gasteiger partial charge in [0.05, 0.1) is 11.0 Å². The van der Waals surface area contributed by atoms with Crippen LogP contribution >= 0.6 is 27.5 Å². The minimum absolute atomic E-state index is 0.470. The van der Waals surface area contributed by atoms with E-state index in [0.717, 1.165) is 28.7 Å². The first-order valence-electron chi connectivity index (χ1n) is 6.80. The van der Waals surface area contributed by atoms with E-state index in [9.17, 15) is 0 Å². The number of imidazole rings is 1. The molecule has 1 aromatic heterocycles. The number of halogens is 2. The summed E-state index contributed by atoms with van der Waals surface area (Å²) in [6.45, 7) is 6.77. The molecule has 0 saturated heterocycles. The second-order valence-corrected chi connectivity index (χ2v) is 6.48. The van der Waals surface area contributed by atoms with Gasteiger partial charge in [0.1, 0.15) is 5.82 Å². The number of alkyl halides is 1. The number of hydrogen-bond donors (Lipinski definition) is 0. The van der Waals surface area contributed by atoms with Gasteiger partial charge in [-0.25, -0.2) is 4.98 Å². The van der Waals surface area contributed by atoms with Crippen molar-refractivity contribution < 1.29 is 0 Å². The Labute approximate surface area is 128 Å². The molecule has 0 saturated carbocycles. The van der Waals surface area contributed by atoms with Crippen LogP contribution in [0.1, 0.15) is 39.1 Å². The summed E-state index contributed by atoms with van der Waals surface area (Å²) >= 11 is 9.49. The molecule has 1 unspecified atom stereocenters. The molecular weight excluding hydrogens is 324 g/mol. The Kier molecular flexibility index (Phi) is 4.91. The highest BCUT2D eigenvalue weighted by atomic mass is 79.9. The maximum Gasteiger partial charge on any atom is 0.111 e. The molecule has 2 nitrogen and oxygen atoms in total. The maximum absolute atomic E-state index is 5.93. The summed E-state index contributed by atoms with van der Waals surface area (Å²) in [7, 11) is 0. The lowest BCUT2D eigenvalue weighted by molar-refractivity contribution is 0.365. The molecule has 19 heavy (non-hydrogen) atoms. The Morgan fingerprint density at radius 2 is 2.11 bits per heavy atom. The van der Waals surface area contributed by atoms with Crippen molar-refractivity contribution in [1.29, 1.82) is 0 Å². The summed E-state index contributed by atoms with van der Waals surface area (Å²) in [5, 5.41) is 0. The predicted octanol–water partition coefficient (Wildman–Crippen LogP) is 5.19. The highest BCUT2D eigenvalue weighted by molar-refractivity contribution is 9.10. The third-order valence-electron chi connectivity index (χ3n) is 3.56. The number of aromatic nitrogens is 2. The number of rotatable bonds is 5. The van der Waals surface area contributed by atoms with E-state index < -0.39 is 0 Å². The molecule has 0 bridgehead atoms. The van der Waals surface area contributed by atoms with Crippen LogP contribution in [-0.4, -0.2) is 15.4 Å². The molecule has 0 aliphatic heterocycles. The molecule has 1 heterocycles. The van der Waals surface area contributed by atoms with Gasteiger partial charge >= 0.3 is 0 Å². The van der Waals surface area contributed by atoms with Gasteiger partial charge in [-0.3, -0.25) is 0 Å². The van der Waals surface area contributed by atoms with Gasteiger partial charge in [0.15, 0.2) is 0 Å². The average Bonchev–Trinajstić information content (AvgIpc) is 2.69. The summed E-state index contributed by atoms with van der Waals surface area (Å²) < 4.78 is 3.48. The monoisotopic (exact) mass is 342 g/mol. The molecule has 4 heteroatoms. The van der Waals surface area contributed by atoms with Gasteiger partial charge in [-0.15, -0.1) is 11.6 Å². The molecular formula is C15H20BrClN2. The summed E-state index contributed by atoms with van der Waals surface area (Å²) in [4.78, 5) is 4.75. The zero-order valence-corrected chi connectivity index (χ0v) is 14.0. The molecule has 0 fully saturated rings. The van der Waals surface area contributed by atoms with Crippen molar-refractivity contribution in [3.8, 4) is 0 Å². The largest absolute Gasteiger partial charge is 0.325 e. The molecule has 1 aromatic carbocycles. The van der Waals surface area contributed by atoms with Gasteiger partial charge in [-0.05, 0) is 30.5 Å². The van der Waals surface area contributed by atoms with Gasteiger partial charge < -0.3 is 4.57 Å². The van der Waals surface area contributed by atoms with Crippen molar-refractivity contribution in [2.24, 2.45) is 5.92 Å². The van der Waals surface area contributed by atoms with Gasteiger partial charge in [0, 0.05) is 22.8 Å². The fourth-order valence-corrected chi connectivity index (χ4v) is 3.22. The molecule has 0 aliphatic carbocycles. The van der Waals surface area contributed by atoms with E-state index in [-0.39, 0.29) is 0 Å². The second-order valence-electron chi connectivity index (χ2n) is 5.19. The molecule has 0 amide bonds. The van der Waals surface area contributed by atoms with Crippen LogP contribution in [0.5, 0.6) is 0 Å². The third kappa shape index (κ3) is 2.97. The summed E-state index contributed by atoms with van der Waals surface area (Å²) in [6, 6.07) is 6.74. The van der Waals surface area contributed by atoms with E-state index >= 15 is 0 Å². The van der Waals surface area contributed by atoms with Crippen LogP contribution in [0.3, 0.4) is 0 Å². The number of fused-ring (bicyclic) bond motifs is 1. The van der Waals surface area contributed by atoms with Gasteiger partial charge in [0.2, 0.25) is 0 Å². The number of hydrogen-bond acceptors (Lipinski definition) is 1. The summed E-state index contributed by atoms with van der Waals surface area (Å²) in [5.74, 6) is 2.29. The molecule has 2 rings (SSSR count). The first-order valence-corrected chi connectivity index (χ1v) is 8.13. The predicted molar refractivity (Wildman–Crippen MR) is 86.0 cm³/mol. The molecule has 1 atom stereocenters. The van der Waals surface area contributed by atoms with Crippen molar-refractivity contribution in [1.82, 2.24) is 9.55 Å². The highest BCUT2D eigenvalue weighted by Crippen LogP contribution is 2.30. The number of benzene rings is 1. The fraction of sp³-hybridized carbons (Fsp3) is 0.533. The van der Waals surface area contributed by atoms with Crippen LogP contribution in [0, 0.1) is 5.92 Å². The SMILES string of the molecule is CCC(C(C)C)n1c(CCCl)nc2ccc(Br)cc21. The van der Waals surface area contributed by atoms with Crippen molar-refractivity contribution in [2.45, 2.75) is 39.7 Å². The van der Waals surface area contributed by atoms with Gasteiger partial charge in [0.25, 0.3) is 0 Å². The van der Waals surface area contributed by atoms with Crippen LogP contribution in [0.15, 0.2) is 22.7 Å². The number of aryl methyl sites for hydroxylation is 1. The topological polar surface area (TPSA) is 17.8 Å². The standard InChI is InChI=1S/C15H20BrClN2/c1-4-13(10(2)3)19-14-9-11(16)5-6-12(14)18-15(19)7-8-17/h5-6,9-10,13H,4,7-8H2,1-3H3. The minimum atomic E-state index is 0.470. The molecule has 0 aliphatic rings. The lowest BCUT2D eigenvalue weighted by atomic mass is 10.0. The first kappa shape index (κ1) is 14.9. The molecule has 0 spiro atoms. The molecule has 0 radical (unpaired) electrons.